The molecule has 3 aromatic carbocycles. The number of methoxy groups -OCH3 is 1. The van der Waals surface area contributed by atoms with E-state index in [0.717, 1.165) is 21.8 Å². The Morgan fingerprint density at radius 3 is 2.45 bits per heavy atom. The number of anilines is 1. The fourth-order valence-electron chi connectivity index (χ4n) is 4.96. The van der Waals surface area contributed by atoms with Gasteiger partial charge in [-0.1, -0.05) is 47.7 Å². The van der Waals surface area contributed by atoms with E-state index >= 15 is 0 Å². The first kappa shape index (κ1) is 30.3. The number of aliphatic hydroxyl groups excluding tert-OH is 1. The minimum absolute atomic E-state index is 0.0708. The molecule has 2 heterocycles. The number of nitrogens with zero attached hydrogens (tertiary/aromatic N) is 2. The van der Waals surface area contributed by atoms with Crippen LogP contribution in [0.1, 0.15) is 50.6 Å². The van der Waals surface area contributed by atoms with Crippen LogP contribution in [0.5, 0.6) is 17.2 Å². The van der Waals surface area contributed by atoms with Gasteiger partial charge < -0.3 is 24.4 Å². The molecule has 0 aliphatic carbocycles. The highest BCUT2D eigenvalue weighted by atomic mass is 32.1. The molecule has 10 nitrogen and oxygen atoms in total. The normalized spacial score (nSPS) is 15.8. The monoisotopic (exact) mass is 614 g/mol. The van der Waals surface area contributed by atoms with Crippen LogP contribution in [-0.4, -0.2) is 46.6 Å². The van der Waals surface area contributed by atoms with E-state index < -0.39 is 29.5 Å². The molecule has 1 aliphatic rings. The maximum atomic E-state index is 13.7. The van der Waals surface area contributed by atoms with Gasteiger partial charge in [0.25, 0.3) is 5.78 Å². The molecule has 1 fully saturated rings. The third-order valence-electron chi connectivity index (χ3n) is 7.11. The maximum absolute atomic E-state index is 13.7. The Morgan fingerprint density at radius 1 is 1.02 bits per heavy atom. The number of hydrogen-bond acceptors (Lipinski definition) is 10. The van der Waals surface area contributed by atoms with E-state index in [2.05, 4.69) is 4.98 Å². The first-order valence-electron chi connectivity index (χ1n) is 13.7. The molecule has 1 aromatic heterocycles. The Hall–Kier alpha value is -5.16. The van der Waals surface area contributed by atoms with Crippen LogP contribution < -0.4 is 14.4 Å². The Morgan fingerprint density at radius 2 is 1.77 bits per heavy atom. The number of aromatic nitrogens is 1. The first-order chi connectivity index (χ1) is 21.1. The Bertz CT molecular complexity index is 1780. The van der Waals surface area contributed by atoms with Crippen molar-refractivity contribution in [2.45, 2.75) is 33.4 Å². The highest BCUT2D eigenvalue weighted by molar-refractivity contribution is 7.17. The number of thiazole rings is 1. The van der Waals surface area contributed by atoms with E-state index in [0.29, 0.717) is 34.7 Å². The number of esters is 1. The standard InChI is InChI=1S/C33H30N2O8S/c1-5-42-25-16-21(11-14-24(25)36)27-26(29(38)31(39)35(27)33-34-19(3)30(44-33)32(40)41-4)28(37)23-13-12-22(15-18(23)2)43-17-20-9-7-6-8-10-20/h6-16,27,36-37H,5,17H2,1-4H3/b28-26+. The number of carbonyl (C=O) groups is 3. The van der Waals surface area contributed by atoms with Gasteiger partial charge in [0.05, 0.1) is 31.0 Å². The van der Waals surface area contributed by atoms with Gasteiger partial charge in [0, 0.05) is 5.56 Å². The van der Waals surface area contributed by atoms with E-state index in [4.69, 9.17) is 14.2 Å². The molecule has 1 aliphatic heterocycles. The Balaban J connectivity index is 1.61. The summed E-state index contributed by atoms with van der Waals surface area (Å²) >= 11 is 0.895. The fraction of sp³-hybridized carbons (Fsp3) is 0.212. The van der Waals surface area contributed by atoms with Crippen molar-refractivity contribution in [2.75, 3.05) is 18.6 Å². The highest BCUT2D eigenvalue weighted by Gasteiger charge is 2.48. The van der Waals surface area contributed by atoms with Crippen LogP contribution in [0.25, 0.3) is 5.76 Å². The van der Waals surface area contributed by atoms with Crippen molar-refractivity contribution >= 4 is 39.9 Å². The molecule has 11 heteroatoms. The van der Waals surface area contributed by atoms with E-state index in [1.165, 1.54) is 25.3 Å². The molecule has 1 amide bonds. The number of phenolic OH excluding ortho intramolecular Hbond substituents is 1. The van der Waals surface area contributed by atoms with Crippen LogP contribution in [0.15, 0.2) is 72.3 Å². The Kier molecular flexibility index (Phi) is 8.68. The lowest BCUT2D eigenvalue weighted by Gasteiger charge is -2.24. The van der Waals surface area contributed by atoms with Crippen LogP contribution >= 0.6 is 11.3 Å². The minimum Gasteiger partial charge on any atom is -0.507 e. The molecule has 0 saturated carbocycles. The summed E-state index contributed by atoms with van der Waals surface area (Å²) < 4.78 is 16.3. The zero-order chi connectivity index (χ0) is 31.5. The average molecular weight is 615 g/mol. The van der Waals surface area contributed by atoms with Crippen molar-refractivity contribution in [1.29, 1.82) is 0 Å². The maximum Gasteiger partial charge on any atom is 0.350 e. The second kappa shape index (κ2) is 12.6. The predicted octanol–water partition coefficient (Wildman–Crippen LogP) is 5.86. The number of Topliss-reactive ketones (excluding diaryl/α,β-unsaturated/α-hetero) is 1. The number of aryl methyl sites for hydroxylation is 2. The number of ketones is 1. The molecular weight excluding hydrogens is 584 g/mol. The minimum atomic E-state index is -1.15. The summed E-state index contributed by atoms with van der Waals surface area (Å²) in [7, 11) is 1.24. The summed E-state index contributed by atoms with van der Waals surface area (Å²) in [6.07, 6.45) is 0. The fourth-order valence-corrected chi connectivity index (χ4v) is 5.97. The molecule has 5 rings (SSSR count). The van der Waals surface area contributed by atoms with Crippen molar-refractivity contribution in [3.8, 4) is 17.2 Å². The van der Waals surface area contributed by atoms with E-state index in [1.807, 2.05) is 30.3 Å². The van der Waals surface area contributed by atoms with Gasteiger partial charge >= 0.3 is 11.9 Å². The van der Waals surface area contributed by atoms with Gasteiger partial charge in [0.15, 0.2) is 16.6 Å². The van der Waals surface area contributed by atoms with Crippen molar-refractivity contribution in [3.63, 3.8) is 0 Å². The quantitative estimate of drug-likeness (QED) is 0.103. The van der Waals surface area contributed by atoms with Crippen LogP contribution in [-0.2, 0) is 20.9 Å². The molecule has 44 heavy (non-hydrogen) atoms. The molecule has 1 saturated heterocycles. The summed E-state index contributed by atoms with van der Waals surface area (Å²) in [5.41, 5.74) is 2.44. The molecule has 1 unspecified atom stereocenters. The summed E-state index contributed by atoms with van der Waals surface area (Å²) in [6.45, 7) is 5.71. The Labute approximate surface area is 257 Å². The van der Waals surface area contributed by atoms with Crippen molar-refractivity contribution in [2.24, 2.45) is 0 Å². The van der Waals surface area contributed by atoms with E-state index in [1.54, 1.807) is 39.0 Å². The van der Waals surface area contributed by atoms with Gasteiger partial charge in [-0.15, -0.1) is 0 Å². The average Bonchev–Trinajstić information content (AvgIpc) is 3.53. The van der Waals surface area contributed by atoms with Crippen molar-refractivity contribution < 1.29 is 38.8 Å². The smallest absolute Gasteiger partial charge is 0.350 e. The molecule has 4 aromatic rings. The summed E-state index contributed by atoms with van der Waals surface area (Å²) in [5, 5.41) is 22.1. The second-order valence-corrected chi connectivity index (χ2v) is 11.0. The molecule has 226 valence electrons. The van der Waals surface area contributed by atoms with Crippen molar-refractivity contribution in [3.05, 3.63) is 105 Å². The summed E-state index contributed by atoms with van der Waals surface area (Å²) in [4.78, 5) is 45.3. The van der Waals surface area contributed by atoms with Gasteiger partial charge in [-0.05, 0) is 67.8 Å². The van der Waals surface area contributed by atoms with Gasteiger partial charge in [0.2, 0.25) is 0 Å². The highest BCUT2D eigenvalue weighted by Crippen LogP contribution is 2.45. The van der Waals surface area contributed by atoms with Crippen LogP contribution in [0.2, 0.25) is 0 Å². The predicted molar refractivity (Wildman–Crippen MR) is 164 cm³/mol. The number of amides is 1. The summed E-state index contributed by atoms with van der Waals surface area (Å²) in [6, 6.07) is 18.0. The number of carbonyl (C=O) groups excluding carboxylic acids is 3. The number of aliphatic hydroxyl groups is 1. The topological polar surface area (TPSA) is 135 Å². The van der Waals surface area contributed by atoms with Crippen LogP contribution in [0, 0.1) is 13.8 Å². The zero-order valence-electron chi connectivity index (χ0n) is 24.5. The van der Waals surface area contributed by atoms with Crippen LogP contribution in [0.3, 0.4) is 0 Å². The lowest BCUT2D eigenvalue weighted by atomic mass is 9.93. The molecule has 0 radical (unpaired) electrons. The van der Waals surface area contributed by atoms with Gasteiger partial charge in [-0.2, -0.15) is 0 Å². The number of ether oxygens (including phenoxy) is 3. The van der Waals surface area contributed by atoms with Gasteiger partial charge in [-0.25, -0.2) is 9.78 Å². The number of rotatable bonds is 9. The lowest BCUT2D eigenvalue weighted by Crippen LogP contribution is -2.29. The number of aromatic hydroxyl groups is 1. The lowest BCUT2D eigenvalue weighted by molar-refractivity contribution is -0.132. The first-order valence-corrected chi connectivity index (χ1v) is 14.6. The van der Waals surface area contributed by atoms with E-state index in [9.17, 15) is 24.6 Å². The van der Waals surface area contributed by atoms with Crippen LogP contribution in [0.4, 0.5) is 5.13 Å². The largest absolute Gasteiger partial charge is 0.507 e. The number of benzene rings is 3. The molecule has 2 N–H and O–H groups in total. The third kappa shape index (κ3) is 5.73. The molecule has 1 atom stereocenters. The summed E-state index contributed by atoms with van der Waals surface area (Å²) in [5.74, 6) is -2.33. The van der Waals surface area contributed by atoms with Crippen molar-refractivity contribution in [1.82, 2.24) is 4.98 Å². The number of phenols is 1. The zero-order valence-corrected chi connectivity index (χ0v) is 25.3. The third-order valence-corrected chi connectivity index (χ3v) is 8.24. The SMILES string of the molecule is CCOc1cc(C2/C(=C(\O)c3ccc(OCc4ccccc4)cc3C)C(=O)C(=O)N2c2nc(C)c(C(=O)OC)s2)ccc1O. The van der Waals surface area contributed by atoms with E-state index in [-0.39, 0.29) is 33.7 Å². The second-order valence-electron chi connectivity index (χ2n) is 9.98. The van der Waals surface area contributed by atoms with Gasteiger partial charge in [-0.3, -0.25) is 14.5 Å². The molecule has 0 bridgehead atoms. The molecular formula is C33H30N2O8S. The molecule has 0 spiro atoms. The van der Waals surface area contributed by atoms with Gasteiger partial charge in [0.1, 0.15) is 23.0 Å². The number of hydrogen-bond donors (Lipinski definition) is 2.